The number of amides is 1. The third-order valence-corrected chi connectivity index (χ3v) is 3.53. The summed E-state index contributed by atoms with van der Waals surface area (Å²) < 4.78 is 0. The number of H-pyrrole nitrogens is 1. The fourth-order valence-electron chi connectivity index (χ4n) is 2.54. The van der Waals surface area contributed by atoms with E-state index in [2.05, 4.69) is 22.6 Å². The molecule has 1 amide bonds. The molecule has 0 aliphatic carbocycles. The van der Waals surface area contributed by atoms with Crippen molar-refractivity contribution in [2.45, 2.75) is 12.3 Å². The monoisotopic (exact) mass is 241 g/mol. The van der Waals surface area contributed by atoms with Gasteiger partial charge in [-0.1, -0.05) is 6.58 Å². The summed E-state index contributed by atoms with van der Waals surface area (Å²) in [5.41, 5.74) is 2.09. The lowest BCUT2D eigenvalue weighted by Crippen LogP contribution is -2.26. The summed E-state index contributed by atoms with van der Waals surface area (Å²) in [6, 6.07) is 6.11. The second-order valence-corrected chi connectivity index (χ2v) is 4.64. The minimum absolute atomic E-state index is 0.0201. The highest BCUT2D eigenvalue weighted by molar-refractivity contribution is 5.87. The summed E-state index contributed by atoms with van der Waals surface area (Å²) in [5.74, 6) is 0.398. The van der Waals surface area contributed by atoms with Crippen molar-refractivity contribution in [1.29, 1.82) is 0 Å². The molecule has 3 rings (SSSR count). The van der Waals surface area contributed by atoms with Gasteiger partial charge >= 0.3 is 0 Å². The van der Waals surface area contributed by atoms with Crippen LogP contribution in [0.3, 0.4) is 0 Å². The maximum absolute atomic E-state index is 11.5. The van der Waals surface area contributed by atoms with Gasteiger partial charge in [0.05, 0.1) is 0 Å². The zero-order chi connectivity index (χ0) is 12.5. The lowest BCUT2D eigenvalue weighted by molar-refractivity contribution is -0.125. The summed E-state index contributed by atoms with van der Waals surface area (Å²) in [4.78, 5) is 21.0. The molecule has 0 saturated carbocycles. The highest BCUT2D eigenvalue weighted by Gasteiger charge is 2.27. The number of hydrogen-bond acceptors (Lipinski definition) is 2. The average Bonchev–Trinajstić information content (AvgIpc) is 3.03. The van der Waals surface area contributed by atoms with E-state index in [9.17, 15) is 4.79 Å². The van der Waals surface area contributed by atoms with Crippen LogP contribution in [0.4, 0.5) is 0 Å². The number of rotatable bonds is 2. The summed E-state index contributed by atoms with van der Waals surface area (Å²) in [7, 11) is 0. The number of nitrogens with zero attached hydrogens (tertiary/aromatic N) is 2. The molecule has 4 nitrogen and oxygen atoms in total. The fourth-order valence-corrected chi connectivity index (χ4v) is 2.54. The van der Waals surface area contributed by atoms with E-state index in [-0.39, 0.29) is 5.91 Å². The van der Waals surface area contributed by atoms with Gasteiger partial charge in [-0.05, 0) is 30.7 Å². The van der Waals surface area contributed by atoms with Crippen LogP contribution < -0.4 is 0 Å². The van der Waals surface area contributed by atoms with E-state index in [1.807, 2.05) is 17.0 Å². The van der Waals surface area contributed by atoms with E-state index in [0.29, 0.717) is 5.92 Å². The van der Waals surface area contributed by atoms with Crippen LogP contribution in [0, 0.1) is 0 Å². The number of likely N-dealkylation sites (tertiary alicyclic amines) is 1. The molecule has 1 aliphatic heterocycles. The largest absolute Gasteiger partial charge is 0.343 e. The molecule has 2 aromatic heterocycles. The predicted molar refractivity (Wildman–Crippen MR) is 70.2 cm³/mol. The zero-order valence-electron chi connectivity index (χ0n) is 10.1. The Kier molecular flexibility index (Phi) is 2.63. The first kappa shape index (κ1) is 11.0. The predicted octanol–water partition coefficient (Wildman–Crippen LogP) is 2.06. The molecule has 1 saturated heterocycles. The molecule has 2 aromatic rings. The lowest BCUT2D eigenvalue weighted by atomic mass is 10.1. The Labute approximate surface area is 105 Å². The highest BCUT2D eigenvalue weighted by Crippen LogP contribution is 2.28. The van der Waals surface area contributed by atoms with E-state index in [4.69, 9.17) is 0 Å². The normalized spacial score (nSPS) is 19.3. The maximum Gasteiger partial charge on any atom is 0.245 e. The molecular formula is C14H15N3O. The fraction of sp³-hybridized carbons (Fsp3) is 0.286. The van der Waals surface area contributed by atoms with Gasteiger partial charge < -0.3 is 9.88 Å². The van der Waals surface area contributed by atoms with Gasteiger partial charge in [-0.2, -0.15) is 0 Å². The number of nitrogens with one attached hydrogen (secondary N) is 1. The number of aromatic amines is 1. The minimum atomic E-state index is 0.0201. The third kappa shape index (κ3) is 1.79. The Hall–Kier alpha value is -2.10. The van der Waals surface area contributed by atoms with Crippen LogP contribution in [0.5, 0.6) is 0 Å². The van der Waals surface area contributed by atoms with Gasteiger partial charge in [-0.3, -0.25) is 4.79 Å². The maximum atomic E-state index is 11.5. The molecule has 1 N–H and O–H groups in total. The molecule has 4 heteroatoms. The first-order valence-corrected chi connectivity index (χ1v) is 6.13. The number of pyridine rings is 1. The van der Waals surface area contributed by atoms with Crippen molar-refractivity contribution >= 4 is 16.9 Å². The molecule has 0 aromatic carbocycles. The Bertz CT molecular complexity index is 569. The van der Waals surface area contributed by atoms with Crippen LogP contribution >= 0.6 is 0 Å². The van der Waals surface area contributed by atoms with Crippen LogP contribution in [0.25, 0.3) is 11.0 Å². The van der Waals surface area contributed by atoms with Crippen molar-refractivity contribution in [3.63, 3.8) is 0 Å². The molecule has 1 atom stereocenters. The standard InChI is InChI=1S/C14H15N3O/c1-2-13(18)17-7-5-11(9-17)12-8-10-4-3-6-15-14(10)16-12/h2-4,6,8,11H,1,5,7,9H2,(H,15,16). The van der Waals surface area contributed by atoms with Crippen LogP contribution in [-0.4, -0.2) is 33.9 Å². The quantitative estimate of drug-likeness (QED) is 0.818. The average molecular weight is 241 g/mol. The Morgan fingerprint density at radius 3 is 3.28 bits per heavy atom. The molecule has 1 aliphatic rings. The molecule has 1 unspecified atom stereocenters. The van der Waals surface area contributed by atoms with Gasteiger partial charge in [-0.15, -0.1) is 0 Å². The van der Waals surface area contributed by atoms with E-state index in [1.165, 1.54) is 11.8 Å². The third-order valence-electron chi connectivity index (χ3n) is 3.53. The molecule has 3 heterocycles. The Morgan fingerprint density at radius 1 is 1.61 bits per heavy atom. The van der Waals surface area contributed by atoms with E-state index >= 15 is 0 Å². The molecule has 0 radical (unpaired) electrons. The first-order valence-electron chi connectivity index (χ1n) is 6.13. The van der Waals surface area contributed by atoms with Crippen LogP contribution in [-0.2, 0) is 4.79 Å². The second kappa shape index (κ2) is 4.29. The van der Waals surface area contributed by atoms with Gasteiger partial charge in [0, 0.05) is 36.3 Å². The number of fused-ring (bicyclic) bond motifs is 1. The first-order chi connectivity index (χ1) is 8.78. The Balaban J connectivity index is 1.84. The molecule has 0 spiro atoms. The lowest BCUT2D eigenvalue weighted by Gasteiger charge is -2.13. The van der Waals surface area contributed by atoms with Crippen LogP contribution in [0.1, 0.15) is 18.0 Å². The van der Waals surface area contributed by atoms with Crippen molar-refractivity contribution in [2.24, 2.45) is 0 Å². The number of hydrogen-bond donors (Lipinski definition) is 1. The smallest absolute Gasteiger partial charge is 0.245 e. The van der Waals surface area contributed by atoms with Crippen LogP contribution in [0.2, 0.25) is 0 Å². The van der Waals surface area contributed by atoms with Crippen molar-refractivity contribution in [3.05, 3.63) is 42.7 Å². The summed E-state index contributed by atoms with van der Waals surface area (Å²) in [6.07, 6.45) is 4.16. The molecule has 18 heavy (non-hydrogen) atoms. The SMILES string of the molecule is C=CC(=O)N1CCC(c2cc3cccnc3[nH]2)C1. The van der Waals surface area contributed by atoms with Gasteiger partial charge in [0.2, 0.25) is 5.91 Å². The zero-order valence-corrected chi connectivity index (χ0v) is 10.1. The number of aromatic nitrogens is 2. The van der Waals surface area contributed by atoms with E-state index < -0.39 is 0 Å². The van der Waals surface area contributed by atoms with Crippen molar-refractivity contribution in [3.8, 4) is 0 Å². The van der Waals surface area contributed by atoms with E-state index in [1.54, 1.807) is 6.20 Å². The minimum Gasteiger partial charge on any atom is -0.343 e. The van der Waals surface area contributed by atoms with E-state index in [0.717, 1.165) is 30.5 Å². The van der Waals surface area contributed by atoms with Gasteiger partial charge in [0.1, 0.15) is 5.65 Å². The molecular weight excluding hydrogens is 226 g/mol. The topological polar surface area (TPSA) is 49.0 Å². The van der Waals surface area contributed by atoms with Crippen molar-refractivity contribution < 1.29 is 4.79 Å². The molecule has 0 bridgehead atoms. The summed E-state index contributed by atoms with van der Waals surface area (Å²) in [6.45, 7) is 5.09. The van der Waals surface area contributed by atoms with Gasteiger partial charge in [-0.25, -0.2) is 4.98 Å². The summed E-state index contributed by atoms with van der Waals surface area (Å²) >= 11 is 0. The molecule has 92 valence electrons. The molecule has 1 fully saturated rings. The van der Waals surface area contributed by atoms with Crippen LogP contribution in [0.15, 0.2) is 37.1 Å². The summed E-state index contributed by atoms with van der Waals surface area (Å²) in [5, 5.41) is 1.13. The van der Waals surface area contributed by atoms with Gasteiger partial charge in [0.15, 0.2) is 0 Å². The number of carbonyl (C=O) groups is 1. The Morgan fingerprint density at radius 2 is 2.50 bits per heavy atom. The van der Waals surface area contributed by atoms with Gasteiger partial charge in [0.25, 0.3) is 0 Å². The highest BCUT2D eigenvalue weighted by atomic mass is 16.2. The second-order valence-electron chi connectivity index (χ2n) is 4.64. The van der Waals surface area contributed by atoms with Crippen molar-refractivity contribution in [2.75, 3.05) is 13.1 Å². The van der Waals surface area contributed by atoms with Crippen molar-refractivity contribution in [1.82, 2.24) is 14.9 Å². The number of carbonyl (C=O) groups excluding carboxylic acids is 1.